The maximum atomic E-state index is 5.88. The Kier molecular flexibility index (Phi) is 2.61. The quantitative estimate of drug-likeness (QED) is 0.369. The topological polar surface area (TPSA) is 12.5 Å². The molecule has 0 N–H and O–H groups in total. The fourth-order valence-electron chi connectivity index (χ4n) is 0.843. The van der Waals surface area contributed by atoms with Gasteiger partial charge < -0.3 is 4.74 Å². The summed E-state index contributed by atoms with van der Waals surface area (Å²) in [5.41, 5.74) is 0. The fourth-order valence-corrected chi connectivity index (χ4v) is 1.19. The van der Waals surface area contributed by atoms with Crippen molar-refractivity contribution >= 4 is 23.2 Å². The van der Waals surface area contributed by atoms with Gasteiger partial charge in [0.05, 0.1) is 5.38 Å². The molecule has 58 valence electrons. The van der Waals surface area contributed by atoms with Gasteiger partial charge in [0.15, 0.2) is 0 Å². The minimum Gasteiger partial charge on any atom is -0.364 e. The maximum absolute atomic E-state index is 5.88. The molecular formula is C7H10Cl2O. The van der Waals surface area contributed by atoms with E-state index in [1.807, 2.05) is 6.92 Å². The van der Waals surface area contributed by atoms with Crippen LogP contribution in [-0.4, -0.2) is 23.0 Å². The van der Waals surface area contributed by atoms with Crippen molar-refractivity contribution in [2.75, 3.05) is 0 Å². The minimum atomic E-state index is -0.0929. The van der Waals surface area contributed by atoms with E-state index in [1.165, 1.54) is 0 Å². The standard InChI is InChI=1S/C7H10Cl2O/c1-3-5-7(10-5)6(9)4(2)8/h3-7H,1H2,2H3/t4-,5+,6-,7+/m0/s1. The van der Waals surface area contributed by atoms with Crippen LogP contribution in [0.1, 0.15) is 6.92 Å². The number of rotatable bonds is 3. The SMILES string of the molecule is C=C[C@H]1O[C@H]1[C@@H](Cl)[C@H](C)Cl. The predicted molar refractivity (Wildman–Crippen MR) is 43.8 cm³/mol. The van der Waals surface area contributed by atoms with Crippen LogP contribution in [0, 0.1) is 0 Å². The molecule has 4 atom stereocenters. The van der Waals surface area contributed by atoms with Crippen LogP contribution in [0.2, 0.25) is 0 Å². The first kappa shape index (κ1) is 8.38. The molecule has 0 spiro atoms. The molecule has 0 radical (unpaired) electrons. The third kappa shape index (κ3) is 1.66. The van der Waals surface area contributed by atoms with E-state index in [2.05, 4.69) is 6.58 Å². The van der Waals surface area contributed by atoms with Crippen LogP contribution in [0.15, 0.2) is 12.7 Å². The molecule has 1 saturated heterocycles. The smallest absolute Gasteiger partial charge is 0.106 e. The van der Waals surface area contributed by atoms with E-state index >= 15 is 0 Å². The van der Waals surface area contributed by atoms with Gasteiger partial charge in [-0.25, -0.2) is 0 Å². The lowest BCUT2D eigenvalue weighted by Crippen LogP contribution is -2.19. The number of hydrogen-bond donors (Lipinski definition) is 0. The third-order valence-corrected chi connectivity index (χ3v) is 2.57. The van der Waals surface area contributed by atoms with Crippen molar-refractivity contribution in [3.63, 3.8) is 0 Å². The summed E-state index contributed by atoms with van der Waals surface area (Å²) in [5, 5.41) is -0.138. The average Bonchev–Trinajstić information content (AvgIpc) is 2.64. The van der Waals surface area contributed by atoms with Gasteiger partial charge in [-0.3, -0.25) is 0 Å². The Bertz CT molecular complexity index is 136. The summed E-state index contributed by atoms with van der Waals surface area (Å²) in [4.78, 5) is 0. The molecule has 0 aliphatic carbocycles. The summed E-state index contributed by atoms with van der Waals surface area (Å²) in [6.45, 7) is 5.45. The molecule has 1 aliphatic heterocycles. The van der Waals surface area contributed by atoms with E-state index in [9.17, 15) is 0 Å². The largest absolute Gasteiger partial charge is 0.364 e. The first-order valence-corrected chi connectivity index (χ1v) is 4.10. The Hall–Kier alpha value is 0.280. The van der Waals surface area contributed by atoms with E-state index < -0.39 is 0 Å². The molecule has 1 fully saturated rings. The van der Waals surface area contributed by atoms with Gasteiger partial charge in [0, 0.05) is 5.38 Å². The maximum Gasteiger partial charge on any atom is 0.106 e. The van der Waals surface area contributed by atoms with Crippen molar-refractivity contribution in [3.05, 3.63) is 12.7 Å². The van der Waals surface area contributed by atoms with Crippen molar-refractivity contribution in [2.24, 2.45) is 0 Å². The highest BCUT2D eigenvalue weighted by molar-refractivity contribution is 6.30. The molecule has 0 saturated carbocycles. The van der Waals surface area contributed by atoms with Gasteiger partial charge in [0.1, 0.15) is 12.2 Å². The summed E-state index contributed by atoms with van der Waals surface area (Å²) >= 11 is 11.6. The number of hydrogen-bond acceptors (Lipinski definition) is 1. The summed E-state index contributed by atoms with van der Waals surface area (Å²) in [7, 11) is 0. The summed E-state index contributed by atoms with van der Waals surface area (Å²) in [5.74, 6) is 0. The Balaban J connectivity index is 2.32. The van der Waals surface area contributed by atoms with Gasteiger partial charge in [-0.2, -0.15) is 0 Å². The lowest BCUT2D eigenvalue weighted by Gasteiger charge is -2.06. The molecule has 0 amide bonds. The van der Waals surface area contributed by atoms with Crippen LogP contribution in [0.3, 0.4) is 0 Å². The fraction of sp³-hybridized carbons (Fsp3) is 0.714. The first-order valence-electron chi connectivity index (χ1n) is 3.23. The molecule has 0 bridgehead atoms. The zero-order chi connectivity index (χ0) is 7.72. The van der Waals surface area contributed by atoms with Crippen molar-refractivity contribution < 1.29 is 4.74 Å². The highest BCUT2D eigenvalue weighted by Crippen LogP contribution is 2.32. The van der Waals surface area contributed by atoms with E-state index in [4.69, 9.17) is 27.9 Å². The Morgan fingerprint density at radius 3 is 2.50 bits per heavy atom. The Morgan fingerprint density at radius 2 is 2.20 bits per heavy atom. The van der Waals surface area contributed by atoms with Crippen molar-refractivity contribution in [2.45, 2.75) is 29.9 Å². The highest BCUT2D eigenvalue weighted by atomic mass is 35.5. The van der Waals surface area contributed by atoms with Crippen LogP contribution in [-0.2, 0) is 4.74 Å². The van der Waals surface area contributed by atoms with Crippen molar-refractivity contribution in [3.8, 4) is 0 Å². The van der Waals surface area contributed by atoms with Crippen molar-refractivity contribution in [1.82, 2.24) is 0 Å². The van der Waals surface area contributed by atoms with E-state index in [-0.39, 0.29) is 23.0 Å². The summed E-state index contributed by atoms with van der Waals surface area (Å²) in [6, 6.07) is 0. The van der Waals surface area contributed by atoms with Gasteiger partial charge >= 0.3 is 0 Å². The van der Waals surface area contributed by atoms with E-state index in [0.717, 1.165) is 0 Å². The van der Waals surface area contributed by atoms with E-state index in [1.54, 1.807) is 6.08 Å². The van der Waals surface area contributed by atoms with Crippen LogP contribution in [0.5, 0.6) is 0 Å². The lowest BCUT2D eigenvalue weighted by atomic mass is 10.2. The summed E-state index contributed by atoms with van der Waals surface area (Å²) < 4.78 is 5.15. The molecule has 0 aromatic rings. The number of halogens is 2. The second kappa shape index (κ2) is 3.12. The number of epoxide rings is 1. The van der Waals surface area contributed by atoms with Gasteiger partial charge in [-0.15, -0.1) is 29.8 Å². The molecule has 1 nitrogen and oxygen atoms in total. The second-order valence-electron chi connectivity index (χ2n) is 2.42. The zero-order valence-corrected chi connectivity index (χ0v) is 7.27. The van der Waals surface area contributed by atoms with Gasteiger partial charge in [0.2, 0.25) is 0 Å². The lowest BCUT2D eigenvalue weighted by molar-refractivity contribution is 0.381. The number of ether oxygens (including phenoxy) is 1. The molecule has 10 heavy (non-hydrogen) atoms. The molecule has 3 heteroatoms. The normalized spacial score (nSPS) is 36.7. The van der Waals surface area contributed by atoms with Gasteiger partial charge in [-0.1, -0.05) is 6.08 Å². The molecule has 0 unspecified atom stereocenters. The Labute approximate surface area is 71.0 Å². The predicted octanol–water partition coefficient (Wildman–Crippen LogP) is 2.17. The minimum absolute atomic E-state index is 0.0448. The average molecular weight is 181 g/mol. The van der Waals surface area contributed by atoms with Crippen LogP contribution >= 0.6 is 23.2 Å². The molecule has 1 heterocycles. The molecule has 0 aromatic heterocycles. The molecule has 1 rings (SSSR count). The Morgan fingerprint density at radius 1 is 1.60 bits per heavy atom. The van der Waals surface area contributed by atoms with Crippen LogP contribution in [0.25, 0.3) is 0 Å². The molecule has 0 aromatic carbocycles. The first-order chi connectivity index (χ1) is 4.66. The zero-order valence-electron chi connectivity index (χ0n) is 5.76. The molecular weight excluding hydrogens is 171 g/mol. The number of alkyl halides is 2. The van der Waals surface area contributed by atoms with Gasteiger partial charge in [0.25, 0.3) is 0 Å². The highest BCUT2D eigenvalue weighted by Gasteiger charge is 2.43. The van der Waals surface area contributed by atoms with E-state index in [0.29, 0.717) is 0 Å². The van der Waals surface area contributed by atoms with Crippen LogP contribution in [0.4, 0.5) is 0 Å². The third-order valence-electron chi connectivity index (χ3n) is 1.55. The van der Waals surface area contributed by atoms with Crippen molar-refractivity contribution in [1.29, 1.82) is 0 Å². The monoisotopic (exact) mass is 180 g/mol. The summed E-state index contributed by atoms with van der Waals surface area (Å²) in [6.07, 6.45) is 1.97. The second-order valence-corrected chi connectivity index (χ2v) is 3.62. The molecule has 1 aliphatic rings. The van der Waals surface area contributed by atoms with Gasteiger partial charge in [-0.05, 0) is 6.92 Å². The van der Waals surface area contributed by atoms with Crippen LogP contribution < -0.4 is 0 Å².